The molecule has 0 aromatic heterocycles. The summed E-state index contributed by atoms with van der Waals surface area (Å²) in [7, 11) is 0. The molecular formula is C13H20F3NO6. The molecule has 0 spiro atoms. The predicted octanol–water partition coefficient (Wildman–Crippen LogP) is 2.50. The third-order valence-corrected chi connectivity index (χ3v) is 3.01. The van der Waals surface area contributed by atoms with Crippen molar-refractivity contribution in [3.05, 3.63) is 0 Å². The Balaban J connectivity index is 0.000000585. The zero-order valence-electron chi connectivity index (χ0n) is 12.6. The standard InChI is InChI=1S/C11H19NO4.C2HF3O2/c1-2-5-10(13)16-8-9-6-3-4-7-12(9)11(14)15;3-2(4,5)1(6)7/h9H,2-8H2,1H3,(H,14,15);(H,6,7). The van der Waals surface area contributed by atoms with E-state index in [4.69, 9.17) is 19.7 Å². The molecule has 1 aliphatic heterocycles. The number of hydrogen-bond donors (Lipinski definition) is 2. The number of alkyl halides is 3. The summed E-state index contributed by atoms with van der Waals surface area (Å²) in [6, 6.07) is -0.160. The van der Waals surface area contributed by atoms with E-state index in [1.165, 1.54) is 4.90 Å². The largest absolute Gasteiger partial charge is 0.490 e. The molecule has 1 heterocycles. The normalized spacial score (nSPS) is 17.7. The highest BCUT2D eigenvalue weighted by atomic mass is 19.4. The average molecular weight is 343 g/mol. The van der Waals surface area contributed by atoms with E-state index < -0.39 is 18.2 Å². The van der Waals surface area contributed by atoms with E-state index in [-0.39, 0.29) is 18.6 Å². The van der Waals surface area contributed by atoms with Crippen molar-refractivity contribution in [1.82, 2.24) is 4.90 Å². The Morgan fingerprint density at radius 3 is 2.22 bits per heavy atom. The number of carbonyl (C=O) groups is 3. The van der Waals surface area contributed by atoms with Crippen LogP contribution in [0.15, 0.2) is 0 Å². The van der Waals surface area contributed by atoms with Gasteiger partial charge < -0.3 is 19.8 Å². The van der Waals surface area contributed by atoms with Gasteiger partial charge in [0.1, 0.15) is 6.61 Å². The van der Waals surface area contributed by atoms with Crippen LogP contribution in [0, 0.1) is 0 Å². The first-order valence-corrected chi connectivity index (χ1v) is 7.04. The van der Waals surface area contributed by atoms with Crippen LogP contribution in [0.25, 0.3) is 0 Å². The molecule has 0 saturated carbocycles. The van der Waals surface area contributed by atoms with E-state index in [9.17, 15) is 22.8 Å². The second-order valence-electron chi connectivity index (χ2n) is 4.86. The van der Waals surface area contributed by atoms with Crippen LogP contribution in [0.4, 0.5) is 18.0 Å². The van der Waals surface area contributed by atoms with Gasteiger partial charge in [-0.1, -0.05) is 6.92 Å². The molecule has 0 aromatic carbocycles. The van der Waals surface area contributed by atoms with Gasteiger partial charge in [0.2, 0.25) is 0 Å². The zero-order valence-corrected chi connectivity index (χ0v) is 12.6. The lowest BCUT2D eigenvalue weighted by molar-refractivity contribution is -0.192. The van der Waals surface area contributed by atoms with Crippen LogP contribution in [-0.4, -0.2) is 58.5 Å². The molecule has 2 N–H and O–H groups in total. The highest BCUT2D eigenvalue weighted by molar-refractivity contribution is 5.73. The summed E-state index contributed by atoms with van der Waals surface area (Å²) in [5, 5.41) is 16.1. The van der Waals surface area contributed by atoms with Gasteiger partial charge in [0, 0.05) is 13.0 Å². The molecule has 0 radical (unpaired) electrons. The molecule has 1 fully saturated rings. The highest BCUT2D eigenvalue weighted by Crippen LogP contribution is 2.17. The fraction of sp³-hybridized carbons (Fsp3) is 0.769. The molecule has 1 rings (SSSR count). The maximum Gasteiger partial charge on any atom is 0.490 e. The molecule has 23 heavy (non-hydrogen) atoms. The summed E-state index contributed by atoms with van der Waals surface area (Å²) < 4.78 is 36.8. The highest BCUT2D eigenvalue weighted by Gasteiger charge is 2.38. The van der Waals surface area contributed by atoms with Gasteiger partial charge in [-0.15, -0.1) is 0 Å². The number of rotatable bonds is 4. The minimum absolute atomic E-state index is 0.160. The van der Waals surface area contributed by atoms with Gasteiger partial charge in [-0.25, -0.2) is 9.59 Å². The lowest BCUT2D eigenvalue weighted by Crippen LogP contribution is -2.45. The van der Waals surface area contributed by atoms with Gasteiger partial charge >= 0.3 is 24.2 Å². The minimum Gasteiger partial charge on any atom is -0.475 e. The summed E-state index contributed by atoms with van der Waals surface area (Å²) in [6.45, 7) is 2.65. The van der Waals surface area contributed by atoms with Crippen molar-refractivity contribution < 1.29 is 42.5 Å². The number of hydrogen-bond acceptors (Lipinski definition) is 4. The van der Waals surface area contributed by atoms with Crippen LogP contribution in [0.5, 0.6) is 0 Å². The number of amides is 1. The number of likely N-dealkylation sites (tertiary alicyclic amines) is 1. The fourth-order valence-corrected chi connectivity index (χ4v) is 1.89. The number of carbonyl (C=O) groups excluding carboxylic acids is 1. The second kappa shape index (κ2) is 9.90. The number of nitrogens with zero attached hydrogens (tertiary/aromatic N) is 1. The third kappa shape index (κ3) is 8.89. The van der Waals surface area contributed by atoms with Crippen LogP contribution in [0.2, 0.25) is 0 Å². The topological polar surface area (TPSA) is 104 Å². The van der Waals surface area contributed by atoms with E-state index in [2.05, 4.69) is 0 Å². The second-order valence-corrected chi connectivity index (χ2v) is 4.86. The third-order valence-electron chi connectivity index (χ3n) is 3.01. The fourth-order valence-electron chi connectivity index (χ4n) is 1.89. The Morgan fingerprint density at radius 2 is 1.78 bits per heavy atom. The predicted molar refractivity (Wildman–Crippen MR) is 71.9 cm³/mol. The van der Waals surface area contributed by atoms with Crippen molar-refractivity contribution in [3.63, 3.8) is 0 Å². The number of ether oxygens (including phenoxy) is 1. The average Bonchev–Trinajstić information content (AvgIpc) is 2.45. The SMILES string of the molecule is CCCC(=O)OCC1CCCCN1C(=O)O.O=C(O)C(F)(F)F. The van der Waals surface area contributed by atoms with Gasteiger partial charge in [0.15, 0.2) is 0 Å². The summed E-state index contributed by atoms with van der Waals surface area (Å²) in [5.74, 6) is -2.99. The molecule has 10 heteroatoms. The summed E-state index contributed by atoms with van der Waals surface area (Å²) in [4.78, 5) is 32.4. The summed E-state index contributed by atoms with van der Waals surface area (Å²) in [6.07, 6.45) is -2.17. The Hall–Kier alpha value is -2.00. The molecule has 1 atom stereocenters. The van der Waals surface area contributed by atoms with Gasteiger partial charge in [0.25, 0.3) is 0 Å². The first-order valence-electron chi connectivity index (χ1n) is 7.04. The molecule has 0 aliphatic carbocycles. The van der Waals surface area contributed by atoms with Crippen LogP contribution in [-0.2, 0) is 14.3 Å². The van der Waals surface area contributed by atoms with Crippen molar-refractivity contribution in [2.45, 2.75) is 51.2 Å². The van der Waals surface area contributed by atoms with Crippen molar-refractivity contribution in [2.24, 2.45) is 0 Å². The Kier molecular flexibility index (Phi) is 9.04. The van der Waals surface area contributed by atoms with Crippen molar-refractivity contribution in [3.8, 4) is 0 Å². The van der Waals surface area contributed by atoms with E-state index in [1.807, 2.05) is 6.92 Å². The van der Waals surface area contributed by atoms with Crippen molar-refractivity contribution in [2.75, 3.05) is 13.2 Å². The van der Waals surface area contributed by atoms with E-state index >= 15 is 0 Å². The van der Waals surface area contributed by atoms with E-state index in [0.29, 0.717) is 13.0 Å². The lowest BCUT2D eigenvalue weighted by atomic mass is 10.0. The Morgan fingerprint density at radius 1 is 1.22 bits per heavy atom. The van der Waals surface area contributed by atoms with Gasteiger partial charge in [-0.2, -0.15) is 13.2 Å². The summed E-state index contributed by atoms with van der Waals surface area (Å²) in [5.41, 5.74) is 0. The van der Waals surface area contributed by atoms with Crippen LogP contribution in [0.3, 0.4) is 0 Å². The smallest absolute Gasteiger partial charge is 0.475 e. The zero-order chi connectivity index (χ0) is 18.0. The van der Waals surface area contributed by atoms with Gasteiger partial charge in [-0.05, 0) is 25.7 Å². The quantitative estimate of drug-likeness (QED) is 0.760. The van der Waals surface area contributed by atoms with Crippen molar-refractivity contribution in [1.29, 1.82) is 0 Å². The molecule has 7 nitrogen and oxygen atoms in total. The molecule has 134 valence electrons. The number of piperidine rings is 1. The van der Waals surface area contributed by atoms with E-state index in [0.717, 1.165) is 25.7 Å². The maximum atomic E-state index is 11.2. The van der Waals surface area contributed by atoms with Crippen molar-refractivity contribution >= 4 is 18.0 Å². The number of carboxylic acids is 1. The lowest BCUT2D eigenvalue weighted by Gasteiger charge is -2.32. The first kappa shape index (κ1) is 21.0. The maximum absolute atomic E-state index is 11.2. The van der Waals surface area contributed by atoms with Gasteiger partial charge in [-0.3, -0.25) is 4.79 Å². The monoisotopic (exact) mass is 343 g/mol. The Labute approximate surface area is 131 Å². The first-order chi connectivity index (χ1) is 10.6. The van der Waals surface area contributed by atoms with Gasteiger partial charge in [0.05, 0.1) is 6.04 Å². The summed E-state index contributed by atoms with van der Waals surface area (Å²) >= 11 is 0. The molecule has 0 aromatic rings. The van der Waals surface area contributed by atoms with Crippen LogP contribution < -0.4 is 0 Å². The minimum atomic E-state index is -5.08. The number of halogens is 3. The molecule has 1 amide bonds. The molecule has 1 unspecified atom stereocenters. The Bertz CT molecular complexity index is 413. The van der Waals surface area contributed by atoms with Crippen LogP contribution in [0.1, 0.15) is 39.0 Å². The molecular weight excluding hydrogens is 323 g/mol. The molecule has 1 aliphatic rings. The van der Waals surface area contributed by atoms with E-state index in [1.54, 1.807) is 0 Å². The van der Waals surface area contributed by atoms with Crippen LogP contribution >= 0.6 is 0 Å². The molecule has 1 saturated heterocycles. The number of carboxylic acid groups (broad SMARTS) is 2. The number of aliphatic carboxylic acids is 1. The molecule has 0 bridgehead atoms. The number of esters is 1.